The van der Waals surface area contributed by atoms with Gasteiger partial charge in [0.2, 0.25) is 6.04 Å². The summed E-state index contributed by atoms with van der Waals surface area (Å²) >= 11 is 0. The molecule has 0 aromatic heterocycles. The molecule has 2 rings (SSSR count). The zero-order valence-electron chi connectivity index (χ0n) is 7.80. The highest BCUT2D eigenvalue weighted by Crippen LogP contribution is 2.19. The van der Waals surface area contributed by atoms with E-state index in [1.54, 1.807) is 0 Å². The topological polar surface area (TPSA) is 55.3 Å². The van der Waals surface area contributed by atoms with E-state index in [0.717, 1.165) is 10.3 Å². The predicted octanol–water partition coefficient (Wildman–Crippen LogP) is 0.822. The molecular formula is C10H13N2O2+. The zero-order chi connectivity index (χ0) is 9.97. The standard InChI is InChI=1S/C10H13N2O2/c11-10(8-4-2-1-3-5-8)9-6-14-7-12(9)13/h1-5,9-10H,6-7,11H2/q+1/t9-,10?/m1/s1. The molecule has 4 heteroatoms. The van der Waals surface area contributed by atoms with E-state index in [2.05, 4.69) is 0 Å². The average Bonchev–Trinajstić information content (AvgIpc) is 2.65. The summed E-state index contributed by atoms with van der Waals surface area (Å²) in [5.41, 5.74) is 6.94. The van der Waals surface area contributed by atoms with Gasteiger partial charge in [0.15, 0.2) is 0 Å². The Morgan fingerprint density at radius 1 is 1.43 bits per heavy atom. The molecule has 0 spiro atoms. The molecule has 0 radical (unpaired) electrons. The van der Waals surface area contributed by atoms with Crippen LogP contribution in [-0.2, 0) is 4.74 Å². The number of benzene rings is 1. The van der Waals surface area contributed by atoms with Gasteiger partial charge in [-0.2, -0.15) is 0 Å². The third-order valence-corrected chi connectivity index (χ3v) is 2.48. The van der Waals surface area contributed by atoms with Crippen molar-refractivity contribution in [3.8, 4) is 0 Å². The number of nitrogens with zero attached hydrogens (tertiary/aromatic N) is 1. The third kappa shape index (κ3) is 1.66. The van der Waals surface area contributed by atoms with Crippen LogP contribution >= 0.6 is 0 Å². The van der Waals surface area contributed by atoms with E-state index in [4.69, 9.17) is 10.5 Å². The Balaban J connectivity index is 2.16. The number of hydrogen-bond donors (Lipinski definition) is 1. The van der Waals surface area contributed by atoms with Crippen LogP contribution in [0, 0.1) is 4.91 Å². The molecule has 0 amide bonds. The summed E-state index contributed by atoms with van der Waals surface area (Å²) in [6.07, 6.45) is 0. The van der Waals surface area contributed by atoms with Crippen LogP contribution in [0.4, 0.5) is 0 Å². The molecule has 1 heterocycles. The average molecular weight is 193 g/mol. The maximum atomic E-state index is 11.3. The van der Waals surface area contributed by atoms with E-state index < -0.39 is 0 Å². The summed E-state index contributed by atoms with van der Waals surface area (Å²) in [4.78, 5) is 11.3. The molecular weight excluding hydrogens is 180 g/mol. The second kappa shape index (κ2) is 3.86. The van der Waals surface area contributed by atoms with Crippen molar-refractivity contribution in [3.63, 3.8) is 0 Å². The van der Waals surface area contributed by atoms with Crippen LogP contribution in [0.2, 0.25) is 0 Å². The van der Waals surface area contributed by atoms with Gasteiger partial charge >= 0.3 is 0 Å². The first-order valence-corrected chi connectivity index (χ1v) is 4.61. The summed E-state index contributed by atoms with van der Waals surface area (Å²) in [5.74, 6) is 0. The van der Waals surface area contributed by atoms with Crippen LogP contribution in [0.25, 0.3) is 0 Å². The van der Waals surface area contributed by atoms with Gasteiger partial charge in [-0.25, -0.2) is 0 Å². The van der Waals surface area contributed by atoms with Gasteiger partial charge in [0.25, 0.3) is 6.73 Å². The smallest absolute Gasteiger partial charge is 0.296 e. The van der Waals surface area contributed by atoms with Crippen molar-refractivity contribution in [1.29, 1.82) is 0 Å². The molecule has 0 saturated carbocycles. The molecule has 2 atom stereocenters. The minimum absolute atomic E-state index is 0.130. The number of hydrogen-bond acceptors (Lipinski definition) is 3. The van der Waals surface area contributed by atoms with Gasteiger partial charge in [0.1, 0.15) is 6.61 Å². The first-order chi connectivity index (χ1) is 6.79. The number of ether oxygens (including phenoxy) is 1. The number of rotatable bonds is 2. The molecule has 2 N–H and O–H groups in total. The van der Waals surface area contributed by atoms with Gasteiger partial charge in [-0.15, -0.1) is 0 Å². The quantitative estimate of drug-likeness (QED) is 0.707. The number of nitrogens with two attached hydrogens (primary N) is 1. The summed E-state index contributed by atoms with van der Waals surface area (Å²) in [7, 11) is 0. The Hall–Kier alpha value is -1.26. The minimum Gasteiger partial charge on any atom is -0.318 e. The van der Waals surface area contributed by atoms with Gasteiger partial charge in [0.05, 0.1) is 6.04 Å². The first kappa shape index (κ1) is 9.30. The molecule has 1 aromatic rings. The number of nitroso groups, excluding NO2 is 1. The summed E-state index contributed by atoms with van der Waals surface area (Å²) in [6.45, 7) is 0.546. The first-order valence-electron chi connectivity index (χ1n) is 4.61. The third-order valence-electron chi connectivity index (χ3n) is 2.48. The van der Waals surface area contributed by atoms with Crippen LogP contribution in [0.3, 0.4) is 0 Å². The van der Waals surface area contributed by atoms with Crippen LogP contribution in [0.1, 0.15) is 11.6 Å². The molecule has 4 nitrogen and oxygen atoms in total. The van der Waals surface area contributed by atoms with Crippen molar-refractivity contribution in [1.82, 2.24) is 0 Å². The molecule has 1 unspecified atom stereocenters. The normalized spacial score (nSPS) is 23.8. The van der Waals surface area contributed by atoms with E-state index in [9.17, 15) is 4.91 Å². The summed E-state index contributed by atoms with van der Waals surface area (Å²) < 4.78 is 5.95. The Kier molecular flexibility index (Phi) is 2.56. The van der Waals surface area contributed by atoms with Crippen LogP contribution in [0.5, 0.6) is 0 Å². The zero-order valence-corrected chi connectivity index (χ0v) is 7.80. The molecule has 1 aromatic carbocycles. The van der Waals surface area contributed by atoms with Gasteiger partial charge < -0.3 is 10.5 Å². The summed E-state index contributed by atoms with van der Waals surface area (Å²) in [5, 5.41) is 0. The van der Waals surface area contributed by atoms with Gasteiger partial charge in [0, 0.05) is 9.67 Å². The van der Waals surface area contributed by atoms with Crippen molar-refractivity contribution in [2.24, 2.45) is 5.73 Å². The second-order valence-corrected chi connectivity index (χ2v) is 3.42. The molecule has 0 aliphatic carbocycles. The Morgan fingerprint density at radius 3 is 2.71 bits per heavy atom. The molecule has 1 aliphatic rings. The lowest BCUT2D eigenvalue weighted by atomic mass is 10.0. The second-order valence-electron chi connectivity index (χ2n) is 3.42. The largest absolute Gasteiger partial charge is 0.318 e. The minimum atomic E-state index is -0.267. The fourth-order valence-corrected chi connectivity index (χ4v) is 1.62. The fourth-order valence-electron chi connectivity index (χ4n) is 1.62. The van der Waals surface area contributed by atoms with Gasteiger partial charge in [-0.1, -0.05) is 30.3 Å². The lowest BCUT2D eigenvalue weighted by molar-refractivity contribution is -0.581. The maximum absolute atomic E-state index is 11.3. The highest BCUT2D eigenvalue weighted by atomic mass is 16.5. The van der Waals surface area contributed by atoms with Crippen LogP contribution in [0.15, 0.2) is 30.3 Å². The van der Waals surface area contributed by atoms with Crippen molar-refractivity contribution in [3.05, 3.63) is 40.8 Å². The Morgan fingerprint density at radius 2 is 2.14 bits per heavy atom. The Bertz CT molecular complexity index is 326. The van der Waals surface area contributed by atoms with Crippen LogP contribution in [-0.4, -0.2) is 24.1 Å². The highest BCUT2D eigenvalue weighted by Gasteiger charge is 2.38. The molecule has 14 heavy (non-hydrogen) atoms. The molecule has 1 saturated heterocycles. The SMILES string of the molecule is NC(c1ccccc1)[C@H]1COC[N+]1=O. The van der Waals surface area contributed by atoms with Crippen LogP contribution < -0.4 is 5.73 Å². The van der Waals surface area contributed by atoms with E-state index in [1.165, 1.54) is 0 Å². The van der Waals surface area contributed by atoms with Gasteiger partial charge in [-0.3, -0.25) is 0 Å². The molecule has 0 bridgehead atoms. The van der Waals surface area contributed by atoms with E-state index in [1.807, 2.05) is 30.3 Å². The van der Waals surface area contributed by atoms with E-state index >= 15 is 0 Å². The fraction of sp³-hybridized carbons (Fsp3) is 0.400. The highest BCUT2D eigenvalue weighted by molar-refractivity contribution is 5.19. The lowest BCUT2D eigenvalue weighted by Crippen LogP contribution is -2.33. The molecule has 1 fully saturated rings. The van der Waals surface area contributed by atoms with Gasteiger partial charge in [-0.05, 0) is 5.56 Å². The van der Waals surface area contributed by atoms with Crippen molar-refractivity contribution >= 4 is 0 Å². The van der Waals surface area contributed by atoms with Crippen molar-refractivity contribution in [2.75, 3.05) is 13.3 Å². The van der Waals surface area contributed by atoms with E-state index in [0.29, 0.717) is 6.61 Å². The predicted molar refractivity (Wildman–Crippen MR) is 51.6 cm³/mol. The Labute approximate surface area is 82.2 Å². The molecule has 74 valence electrons. The summed E-state index contributed by atoms with van der Waals surface area (Å²) in [6, 6.07) is 9.10. The monoisotopic (exact) mass is 193 g/mol. The lowest BCUT2D eigenvalue weighted by Gasteiger charge is -2.11. The maximum Gasteiger partial charge on any atom is 0.296 e. The molecule has 1 aliphatic heterocycles. The van der Waals surface area contributed by atoms with Crippen molar-refractivity contribution < 1.29 is 9.50 Å². The van der Waals surface area contributed by atoms with Crippen molar-refractivity contribution in [2.45, 2.75) is 12.1 Å². The van der Waals surface area contributed by atoms with E-state index in [-0.39, 0.29) is 18.8 Å².